The van der Waals surface area contributed by atoms with E-state index in [4.69, 9.17) is 0 Å². The fourth-order valence-electron chi connectivity index (χ4n) is 2.41. The number of anilines is 2. The molecule has 0 radical (unpaired) electrons. The Bertz CT molecular complexity index is 611. The first-order chi connectivity index (χ1) is 10.7. The fourth-order valence-corrected chi connectivity index (χ4v) is 2.84. The maximum Gasteiger partial charge on any atom is 0.323 e. The number of hydrogen-bond donors (Lipinski definition) is 2. The van der Waals surface area contributed by atoms with Crippen LogP contribution in [0, 0.1) is 5.82 Å². The molecule has 2 amide bonds. The standard InChI is InChI=1S/C14H16FN5OS/c15-10-1-3-11(4-2-10)17-12-5-7-20(8-6-12)14(21)18-13-19-16-9-22-13/h1-4,9,12,17H,5-8H2,(H,18,19,21). The molecule has 1 aromatic heterocycles. The zero-order valence-corrected chi connectivity index (χ0v) is 12.6. The van der Waals surface area contributed by atoms with Gasteiger partial charge in [0, 0.05) is 24.8 Å². The Balaban J connectivity index is 1.47. The van der Waals surface area contributed by atoms with Gasteiger partial charge in [-0.3, -0.25) is 5.32 Å². The summed E-state index contributed by atoms with van der Waals surface area (Å²) in [4.78, 5) is 13.8. The summed E-state index contributed by atoms with van der Waals surface area (Å²) in [5.74, 6) is -0.242. The topological polar surface area (TPSA) is 70.2 Å². The number of likely N-dealkylation sites (tertiary alicyclic amines) is 1. The second kappa shape index (κ2) is 6.69. The van der Waals surface area contributed by atoms with Crippen molar-refractivity contribution >= 4 is 28.2 Å². The second-order valence-corrected chi connectivity index (χ2v) is 5.92. The third kappa shape index (κ3) is 3.70. The number of rotatable bonds is 3. The van der Waals surface area contributed by atoms with E-state index in [0.29, 0.717) is 18.2 Å². The van der Waals surface area contributed by atoms with Crippen molar-refractivity contribution in [1.82, 2.24) is 15.1 Å². The molecule has 116 valence electrons. The molecule has 1 saturated heterocycles. The van der Waals surface area contributed by atoms with Crippen LogP contribution in [0.2, 0.25) is 0 Å². The predicted molar refractivity (Wildman–Crippen MR) is 83.5 cm³/mol. The van der Waals surface area contributed by atoms with Crippen LogP contribution in [0.1, 0.15) is 12.8 Å². The fraction of sp³-hybridized carbons (Fsp3) is 0.357. The van der Waals surface area contributed by atoms with Gasteiger partial charge < -0.3 is 10.2 Å². The quantitative estimate of drug-likeness (QED) is 0.912. The van der Waals surface area contributed by atoms with E-state index in [9.17, 15) is 9.18 Å². The molecule has 2 aromatic rings. The lowest BCUT2D eigenvalue weighted by molar-refractivity contribution is 0.197. The number of nitrogens with zero attached hydrogens (tertiary/aromatic N) is 3. The summed E-state index contributed by atoms with van der Waals surface area (Å²) in [5, 5.41) is 14.1. The number of urea groups is 1. The van der Waals surface area contributed by atoms with Crippen molar-refractivity contribution in [3.05, 3.63) is 35.6 Å². The van der Waals surface area contributed by atoms with Crippen LogP contribution in [-0.2, 0) is 0 Å². The molecule has 1 aliphatic rings. The van der Waals surface area contributed by atoms with Gasteiger partial charge in [0.15, 0.2) is 0 Å². The first-order valence-corrected chi connectivity index (χ1v) is 7.93. The molecule has 2 N–H and O–H groups in total. The minimum atomic E-state index is -0.242. The zero-order valence-electron chi connectivity index (χ0n) is 11.8. The molecule has 3 rings (SSSR count). The van der Waals surface area contributed by atoms with E-state index in [1.807, 2.05) is 0 Å². The van der Waals surface area contributed by atoms with Crippen molar-refractivity contribution in [3.63, 3.8) is 0 Å². The molecule has 0 atom stereocenters. The molecule has 1 fully saturated rings. The van der Waals surface area contributed by atoms with Gasteiger partial charge in [-0.15, -0.1) is 10.2 Å². The molecule has 0 spiro atoms. The maximum absolute atomic E-state index is 12.9. The van der Waals surface area contributed by atoms with Crippen LogP contribution in [0.4, 0.5) is 20.0 Å². The molecule has 0 aliphatic carbocycles. The molecule has 8 heteroatoms. The van der Waals surface area contributed by atoms with Gasteiger partial charge in [0.25, 0.3) is 0 Å². The Labute approximate surface area is 131 Å². The summed E-state index contributed by atoms with van der Waals surface area (Å²) in [5.41, 5.74) is 2.48. The van der Waals surface area contributed by atoms with Crippen molar-refractivity contribution in [2.75, 3.05) is 23.7 Å². The molecule has 0 saturated carbocycles. The molecule has 1 aromatic carbocycles. The second-order valence-electron chi connectivity index (χ2n) is 5.09. The molecule has 0 unspecified atom stereocenters. The predicted octanol–water partition coefficient (Wildman–Crippen LogP) is 2.79. The Hall–Kier alpha value is -2.22. The van der Waals surface area contributed by atoms with Crippen LogP contribution in [0.3, 0.4) is 0 Å². The summed E-state index contributed by atoms with van der Waals surface area (Å²) in [6.07, 6.45) is 1.70. The third-order valence-electron chi connectivity index (χ3n) is 3.57. The van der Waals surface area contributed by atoms with Crippen LogP contribution in [0.25, 0.3) is 0 Å². The molecular formula is C14H16FN5OS. The minimum Gasteiger partial charge on any atom is -0.382 e. The first kappa shape index (κ1) is 14.7. The van der Waals surface area contributed by atoms with E-state index in [2.05, 4.69) is 20.8 Å². The van der Waals surface area contributed by atoms with E-state index in [-0.39, 0.29) is 17.9 Å². The van der Waals surface area contributed by atoms with Gasteiger partial charge in [-0.2, -0.15) is 0 Å². The van der Waals surface area contributed by atoms with Crippen LogP contribution < -0.4 is 10.6 Å². The lowest BCUT2D eigenvalue weighted by Crippen LogP contribution is -2.44. The van der Waals surface area contributed by atoms with Crippen molar-refractivity contribution in [1.29, 1.82) is 0 Å². The number of hydrogen-bond acceptors (Lipinski definition) is 5. The minimum absolute atomic E-state index is 0.142. The van der Waals surface area contributed by atoms with Crippen LogP contribution in [0.15, 0.2) is 29.8 Å². The Kier molecular flexibility index (Phi) is 4.47. The van der Waals surface area contributed by atoms with Crippen LogP contribution in [0.5, 0.6) is 0 Å². The highest BCUT2D eigenvalue weighted by Crippen LogP contribution is 2.18. The van der Waals surface area contributed by atoms with Gasteiger partial charge in [0.1, 0.15) is 11.3 Å². The van der Waals surface area contributed by atoms with Crippen molar-refractivity contribution in [3.8, 4) is 0 Å². The Morgan fingerprint density at radius 1 is 1.27 bits per heavy atom. The summed E-state index contributed by atoms with van der Waals surface area (Å²) in [6.45, 7) is 1.34. The number of nitrogens with one attached hydrogen (secondary N) is 2. The summed E-state index contributed by atoms with van der Waals surface area (Å²) < 4.78 is 12.9. The summed E-state index contributed by atoms with van der Waals surface area (Å²) in [7, 11) is 0. The Morgan fingerprint density at radius 2 is 2.00 bits per heavy atom. The molecule has 22 heavy (non-hydrogen) atoms. The normalized spacial score (nSPS) is 15.6. The molecular weight excluding hydrogens is 305 g/mol. The van der Waals surface area contributed by atoms with Gasteiger partial charge in [-0.1, -0.05) is 11.3 Å². The SMILES string of the molecule is O=C(Nc1nncs1)N1CCC(Nc2ccc(F)cc2)CC1. The number of aromatic nitrogens is 2. The maximum atomic E-state index is 12.9. The highest BCUT2D eigenvalue weighted by Gasteiger charge is 2.23. The van der Waals surface area contributed by atoms with E-state index >= 15 is 0 Å². The van der Waals surface area contributed by atoms with E-state index in [0.717, 1.165) is 18.5 Å². The van der Waals surface area contributed by atoms with Crippen LogP contribution in [-0.4, -0.2) is 40.3 Å². The number of amides is 2. The molecule has 2 heterocycles. The van der Waals surface area contributed by atoms with Gasteiger partial charge in [0.05, 0.1) is 0 Å². The molecule has 1 aliphatic heterocycles. The number of piperidine rings is 1. The molecule has 0 bridgehead atoms. The lowest BCUT2D eigenvalue weighted by Gasteiger charge is -2.32. The lowest BCUT2D eigenvalue weighted by atomic mass is 10.0. The summed E-state index contributed by atoms with van der Waals surface area (Å²) >= 11 is 1.29. The smallest absolute Gasteiger partial charge is 0.323 e. The van der Waals surface area contributed by atoms with E-state index < -0.39 is 0 Å². The van der Waals surface area contributed by atoms with E-state index in [1.54, 1.807) is 22.5 Å². The molecule has 6 nitrogen and oxygen atoms in total. The first-order valence-electron chi connectivity index (χ1n) is 7.05. The van der Waals surface area contributed by atoms with Gasteiger partial charge in [-0.25, -0.2) is 9.18 Å². The average Bonchev–Trinajstić information content (AvgIpc) is 3.03. The number of benzene rings is 1. The number of carbonyl (C=O) groups is 1. The Morgan fingerprint density at radius 3 is 2.64 bits per heavy atom. The average molecular weight is 321 g/mol. The van der Waals surface area contributed by atoms with Crippen LogP contribution >= 0.6 is 11.3 Å². The zero-order chi connectivity index (χ0) is 15.4. The highest BCUT2D eigenvalue weighted by molar-refractivity contribution is 7.13. The van der Waals surface area contributed by atoms with Gasteiger partial charge in [-0.05, 0) is 37.1 Å². The highest BCUT2D eigenvalue weighted by atomic mass is 32.1. The third-order valence-corrected chi connectivity index (χ3v) is 4.18. The number of halogens is 1. The van der Waals surface area contributed by atoms with Crippen molar-refractivity contribution in [2.24, 2.45) is 0 Å². The number of carbonyl (C=O) groups excluding carboxylic acids is 1. The van der Waals surface area contributed by atoms with Crippen molar-refractivity contribution in [2.45, 2.75) is 18.9 Å². The van der Waals surface area contributed by atoms with Crippen molar-refractivity contribution < 1.29 is 9.18 Å². The summed E-state index contributed by atoms with van der Waals surface area (Å²) in [6, 6.07) is 6.47. The van der Waals surface area contributed by atoms with Gasteiger partial charge in [0.2, 0.25) is 5.13 Å². The monoisotopic (exact) mass is 321 g/mol. The van der Waals surface area contributed by atoms with E-state index in [1.165, 1.54) is 23.5 Å². The largest absolute Gasteiger partial charge is 0.382 e. The van der Waals surface area contributed by atoms with Gasteiger partial charge >= 0.3 is 6.03 Å².